The van der Waals surface area contributed by atoms with Crippen molar-refractivity contribution in [1.29, 1.82) is 0 Å². The molecule has 0 saturated heterocycles. The van der Waals surface area contributed by atoms with Crippen molar-refractivity contribution in [1.82, 2.24) is 0 Å². The second kappa shape index (κ2) is 2.12. The number of fused-ring (bicyclic) bond motifs is 2. The Labute approximate surface area is 64.9 Å². The lowest BCUT2D eigenvalue weighted by Crippen LogP contribution is -2.22. The van der Waals surface area contributed by atoms with Crippen molar-refractivity contribution >= 4 is 17.3 Å². The van der Waals surface area contributed by atoms with Gasteiger partial charge in [-0.2, -0.15) is 0 Å². The molecule has 3 atom stereocenters. The van der Waals surface area contributed by atoms with Crippen molar-refractivity contribution in [3.63, 3.8) is 0 Å². The average Bonchev–Trinajstić information content (AvgIpc) is 2.46. The Bertz CT molecular complexity index is 176. The zero-order chi connectivity index (χ0) is 7.14. The first-order valence-electron chi connectivity index (χ1n) is 3.69. The third-order valence-electron chi connectivity index (χ3n) is 2.70. The zero-order valence-electron chi connectivity index (χ0n) is 5.63. The summed E-state index contributed by atoms with van der Waals surface area (Å²) in [6, 6.07) is 0. The SMILES string of the molecule is O/N=C1/C2CCC(C2)C1Cl. The quantitative estimate of drug-likeness (QED) is 0.327. The standard InChI is InChI=1S/C7H10ClNO/c8-6-4-1-2-5(3-4)7(6)9-10/h4-6,10H,1-3H2/b9-7-. The summed E-state index contributed by atoms with van der Waals surface area (Å²) < 4.78 is 0. The Balaban J connectivity index is 2.25. The Morgan fingerprint density at radius 3 is 2.70 bits per heavy atom. The molecule has 2 fully saturated rings. The van der Waals surface area contributed by atoms with Crippen LogP contribution >= 0.6 is 11.6 Å². The number of alkyl halides is 1. The summed E-state index contributed by atoms with van der Waals surface area (Å²) >= 11 is 5.98. The summed E-state index contributed by atoms with van der Waals surface area (Å²) in [5, 5.41) is 11.8. The molecule has 2 bridgehead atoms. The summed E-state index contributed by atoms with van der Waals surface area (Å²) in [6.07, 6.45) is 3.54. The fourth-order valence-electron chi connectivity index (χ4n) is 2.15. The maximum absolute atomic E-state index is 8.56. The number of hydrogen-bond acceptors (Lipinski definition) is 2. The van der Waals surface area contributed by atoms with Crippen LogP contribution in [0.25, 0.3) is 0 Å². The molecule has 0 aliphatic heterocycles. The topological polar surface area (TPSA) is 32.6 Å². The summed E-state index contributed by atoms with van der Waals surface area (Å²) in [5.74, 6) is 1.09. The summed E-state index contributed by atoms with van der Waals surface area (Å²) in [5.41, 5.74) is 0.831. The lowest BCUT2D eigenvalue weighted by atomic mass is 9.98. The van der Waals surface area contributed by atoms with Crippen molar-refractivity contribution in [2.24, 2.45) is 17.0 Å². The van der Waals surface area contributed by atoms with E-state index in [-0.39, 0.29) is 5.38 Å². The Hall–Kier alpha value is -0.240. The number of hydrogen-bond donors (Lipinski definition) is 1. The van der Waals surface area contributed by atoms with Crippen LogP contribution in [0.1, 0.15) is 19.3 Å². The maximum atomic E-state index is 8.56. The molecule has 3 unspecified atom stereocenters. The van der Waals surface area contributed by atoms with Gasteiger partial charge in [-0.1, -0.05) is 5.16 Å². The van der Waals surface area contributed by atoms with Gasteiger partial charge in [0.15, 0.2) is 0 Å². The molecular formula is C7H10ClNO. The van der Waals surface area contributed by atoms with Gasteiger partial charge in [0.25, 0.3) is 0 Å². The molecule has 2 aliphatic carbocycles. The summed E-state index contributed by atoms with van der Waals surface area (Å²) in [7, 11) is 0. The van der Waals surface area contributed by atoms with Crippen LogP contribution in [-0.2, 0) is 0 Å². The normalized spacial score (nSPS) is 48.9. The first kappa shape index (κ1) is 6.47. The molecule has 56 valence electrons. The van der Waals surface area contributed by atoms with E-state index in [9.17, 15) is 0 Å². The minimum atomic E-state index is 0.0312. The van der Waals surface area contributed by atoms with E-state index in [4.69, 9.17) is 16.8 Å². The van der Waals surface area contributed by atoms with Gasteiger partial charge in [-0.3, -0.25) is 0 Å². The Kier molecular flexibility index (Phi) is 1.37. The van der Waals surface area contributed by atoms with Crippen molar-refractivity contribution < 1.29 is 5.21 Å². The van der Waals surface area contributed by atoms with Crippen LogP contribution in [-0.4, -0.2) is 16.3 Å². The van der Waals surface area contributed by atoms with Crippen molar-refractivity contribution in [2.45, 2.75) is 24.6 Å². The molecule has 0 aromatic heterocycles. The van der Waals surface area contributed by atoms with Gasteiger partial charge in [-0.25, -0.2) is 0 Å². The van der Waals surface area contributed by atoms with Gasteiger partial charge in [0.2, 0.25) is 0 Å². The third kappa shape index (κ3) is 0.685. The highest BCUT2D eigenvalue weighted by Gasteiger charge is 2.44. The van der Waals surface area contributed by atoms with E-state index in [1.807, 2.05) is 0 Å². The van der Waals surface area contributed by atoms with Crippen LogP contribution < -0.4 is 0 Å². The molecular weight excluding hydrogens is 150 g/mol. The van der Waals surface area contributed by atoms with Crippen molar-refractivity contribution in [3.8, 4) is 0 Å². The van der Waals surface area contributed by atoms with E-state index < -0.39 is 0 Å². The molecule has 0 radical (unpaired) electrons. The van der Waals surface area contributed by atoms with E-state index in [0.717, 1.165) is 12.1 Å². The predicted octanol–water partition coefficient (Wildman–Crippen LogP) is 1.85. The molecule has 0 aromatic carbocycles. The van der Waals surface area contributed by atoms with Crippen molar-refractivity contribution in [3.05, 3.63) is 0 Å². The van der Waals surface area contributed by atoms with Crippen LogP contribution in [0.4, 0.5) is 0 Å². The van der Waals surface area contributed by atoms with E-state index in [2.05, 4.69) is 5.16 Å². The van der Waals surface area contributed by atoms with E-state index >= 15 is 0 Å². The first-order valence-corrected chi connectivity index (χ1v) is 4.12. The average molecular weight is 160 g/mol. The predicted molar refractivity (Wildman–Crippen MR) is 39.7 cm³/mol. The highest BCUT2D eigenvalue weighted by atomic mass is 35.5. The van der Waals surface area contributed by atoms with Gasteiger partial charge < -0.3 is 5.21 Å². The number of oxime groups is 1. The second-order valence-corrected chi connectivity index (χ2v) is 3.67. The molecule has 2 nitrogen and oxygen atoms in total. The van der Waals surface area contributed by atoms with Crippen LogP contribution in [0.2, 0.25) is 0 Å². The lowest BCUT2D eigenvalue weighted by molar-refractivity contribution is 0.313. The van der Waals surface area contributed by atoms with Gasteiger partial charge in [0, 0.05) is 5.92 Å². The molecule has 3 heteroatoms. The molecule has 1 N–H and O–H groups in total. The minimum absolute atomic E-state index is 0.0312. The van der Waals surface area contributed by atoms with Crippen LogP contribution in [0.15, 0.2) is 5.16 Å². The number of nitrogens with zero attached hydrogens (tertiary/aromatic N) is 1. The monoisotopic (exact) mass is 159 g/mol. The number of halogens is 1. The second-order valence-electron chi connectivity index (χ2n) is 3.20. The van der Waals surface area contributed by atoms with Gasteiger partial charge in [-0.15, -0.1) is 11.6 Å². The molecule has 0 aromatic rings. The van der Waals surface area contributed by atoms with Crippen LogP contribution in [0, 0.1) is 11.8 Å². The smallest absolute Gasteiger partial charge is 0.0782 e. The highest BCUT2D eigenvalue weighted by molar-refractivity contribution is 6.33. The highest BCUT2D eigenvalue weighted by Crippen LogP contribution is 2.45. The van der Waals surface area contributed by atoms with Crippen LogP contribution in [0.3, 0.4) is 0 Å². The van der Waals surface area contributed by atoms with E-state index in [1.165, 1.54) is 12.8 Å². The fraction of sp³-hybridized carbons (Fsp3) is 0.857. The molecule has 0 amide bonds. The van der Waals surface area contributed by atoms with Crippen LogP contribution in [0.5, 0.6) is 0 Å². The summed E-state index contributed by atoms with van der Waals surface area (Å²) in [6.45, 7) is 0. The molecule has 2 rings (SSSR count). The molecule has 10 heavy (non-hydrogen) atoms. The van der Waals surface area contributed by atoms with Gasteiger partial charge in [0.1, 0.15) is 0 Å². The van der Waals surface area contributed by atoms with Gasteiger partial charge in [-0.05, 0) is 25.2 Å². The maximum Gasteiger partial charge on any atom is 0.0782 e. The van der Waals surface area contributed by atoms with E-state index in [0.29, 0.717) is 11.8 Å². The van der Waals surface area contributed by atoms with E-state index in [1.54, 1.807) is 0 Å². The molecule has 0 spiro atoms. The minimum Gasteiger partial charge on any atom is -0.411 e. The fourth-order valence-corrected chi connectivity index (χ4v) is 2.60. The Morgan fingerprint density at radius 1 is 1.50 bits per heavy atom. The number of rotatable bonds is 0. The first-order chi connectivity index (χ1) is 4.83. The molecule has 2 aliphatic rings. The Morgan fingerprint density at radius 2 is 2.30 bits per heavy atom. The zero-order valence-corrected chi connectivity index (χ0v) is 6.38. The molecule has 2 saturated carbocycles. The lowest BCUT2D eigenvalue weighted by Gasteiger charge is -2.15. The van der Waals surface area contributed by atoms with Gasteiger partial charge >= 0.3 is 0 Å². The largest absolute Gasteiger partial charge is 0.411 e. The van der Waals surface area contributed by atoms with Crippen molar-refractivity contribution in [2.75, 3.05) is 0 Å². The third-order valence-corrected chi connectivity index (χ3v) is 3.28. The molecule has 0 heterocycles. The summed E-state index contributed by atoms with van der Waals surface area (Å²) in [4.78, 5) is 0. The van der Waals surface area contributed by atoms with Gasteiger partial charge in [0.05, 0.1) is 11.1 Å².